The summed E-state index contributed by atoms with van der Waals surface area (Å²) in [5, 5.41) is 0. The van der Waals surface area contributed by atoms with Crippen LogP contribution in [-0.4, -0.2) is 41.6 Å². The molecule has 2 bridgehead atoms. The van der Waals surface area contributed by atoms with Crippen molar-refractivity contribution in [1.29, 1.82) is 0 Å². The molecule has 4 nitrogen and oxygen atoms in total. The van der Waals surface area contributed by atoms with Gasteiger partial charge in [-0.05, 0) is 44.9 Å². The number of carbonyl (C=O) groups excluding carboxylic acids is 1. The first-order valence-corrected chi connectivity index (χ1v) is 7.25. The summed E-state index contributed by atoms with van der Waals surface area (Å²) in [5.41, 5.74) is 5.90. The van der Waals surface area contributed by atoms with Gasteiger partial charge in [0, 0.05) is 25.2 Å². The van der Waals surface area contributed by atoms with Crippen LogP contribution in [0.3, 0.4) is 0 Å². The van der Waals surface area contributed by atoms with E-state index >= 15 is 0 Å². The first-order valence-electron chi connectivity index (χ1n) is 7.25. The minimum Gasteiger partial charge on any atom is -0.378 e. The Balaban J connectivity index is 1.66. The quantitative estimate of drug-likeness (QED) is 0.826. The normalized spacial score (nSPS) is 37.4. The maximum atomic E-state index is 12.5. The maximum Gasteiger partial charge on any atom is 0.225 e. The Bertz CT molecular complexity index is 321. The molecule has 3 fully saturated rings. The minimum absolute atomic E-state index is 0.143. The highest BCUT2D eigenvalue weighted by atomic mass is 16.5. The highest BCUT2D eigenvalue weighted by molar-refractivity contribution is 5.78. The van der Waals surface area contributed by atoms with Crippen LogP contribution in [0.25, 0.3) is 0 Å². The molecule has 0 spiro atoms. The molecule has 0 aromatic carbocycles. The number of hydrogen-bond acceptors (Lipinski definition) is 3. The summed E-state index contributed by atoms with van der Waals surface area (Å²) in [6.07, 6.45) is 8.11. The van der Waals surface area contributed by atoms with Gasteiger partial charge >= 0.3 is 0 Å². The number of amides is 1. The van der Waals surface area contributed by atoms with Crippen molar-refractivity contribution >= 4 is 5.91 Å². The number of hydrogen-bond donors (Lipinski definition) is 1. The molecule has 3 rings (SSSR count). The van der Waals surface area contributed by atoms with Crippen molar-refractivity contribution in [3.63, 3.8) is 0 Å². The number of methoxy groups -OCH3 is 1. The molecule has 2 aliphatic heterocycles. The first kappa shape index (κ1) is 12.4. The van der Waals surface area contributed by atoms with Crippen LogP contribution in [0.15, 0.2) is 0 Å². The van der Waals surface area contributed by atoms with E-state index in [-0.39, 0.29) is 5.60 Å². The largest absolute Gasteiger partial charge is 0.378 e. The molecule has 18 heavy (non-hydrogen) atoms. The third-order valence-electron chi connectivity index (χ3n) is 5.23. The molecule has 102 valence electrons. The van der Waals surface area contributed by atoms with E-state index in [0.717, 1.165) is 38.5 Å². The molecule has 3 aliphatic rings. The topological polar surface area (TPSA) is 55.6 Å². The van der Waals surface area contributed by atoms with Crippen molar-refractivity contribution in [2.45, 2.75) is 75.1 Å². The van der Waals surface area contributed by atoms with Gasteiger partial charge in [0.05, 0.1) is 12.0 Å². The Morgan fingerprint density at radius 2 is 1.94 bits per heavy atom. The van der Waals surface area contributed by atoms with Crippen molar-refractivity contribution in [3.8, 4) is 0 Å². The summed E-state index contributed by atoms with van der Waals surface area (Å²) in [5.74, 6) is 0.302. The Labute approximate surface area is 109 Å². The molecule has 1 amide bonds. The van der Waals surface area contributed by atoms with Gasteiger partial charge in [-0.15, -0.1) is 0 Å². The van der Waals surface area contributed by atoms with Crippen molar-refractivity contribution in [2.75, 3.05) is 7.11 Å². The Kier molecular flexibility index (Phi) is 3.10. The summed E-state index contributed by atoms with van der Waals surface area (Å²) in [4.78, 5) is 14.7. The lowest BCUT2D eigenvalue weighted by Crippen LogP contribution is -2.53. The third-order valence-corrected chi connectivity index (χ3v) is 5.23. The lowest BCUT2D eigenvalue weighted by molar-refractivity contribution is -0.148. The molecule has 2 unspecified atom stereocenters. The van der Waals surface area contributed by atoms with Crippen molar-refractivity contribution in [3.05, 3.63) is 0 Å². The fourth-order valence-electron chi connectivity index (χ4n) is 4.02. The van der Waals surface area contributed by atoms with E-state index < -0.39 is 0 Å². The lowest BCUT2D eigenvalue weighted by Gasteiger charge is -2.44. The van der Waals surface area contributed by atoms with Crippen LogP contribution in [0.1, 0.15) is 51.4 Å². The fourth-order valence-corrected chi connectivity index (χ4v) is 4.02. The predicted molar refractivity (Wildman–Crippen MR) is 69.1 cm³/mol. The van der Waals surface area contributed by atoms with Crippen molar-refractivity contribution < 1.29 is 9.53 Å². The Morgan fingerprint density at radius 3 is 2.39 bits per heavy atom. The maximum absolute atomic E-state index is 12.5. The fraction of sp³-hybridized carbons (Fsp3) is 0.929. The second kappa shape index (κ2) is 4.49. The van der Waals surface area contributed by atoms with E-state index in [4.69, 9.17) is 10.5 Å². The van der Waals surface area contributed by atoms with Gasteiger partial charge in [0.1, 0.15) is 0 Å². The second-order valence-corrected chi connectivity index (χ2v) is 6.33. The van der Waals surface area contributed by atoms with Crippen LogP contribution >= 0.6 is 0 Å². The molecule has 0 aromatic heterocycles. The number of nitrogens with two attached hydrogens (primary N) is 1. The predicted octanol–water partition coefficient (Wildman–Crippen LogP) is 1.43. The lowest BCUT2D eigenvalue weighted by atomic mass is 9.77. The zero-order valence-electron chi connectivity index (χ0n) is 11.2. The van der Waals surface area contributed by atoms with Crippen molar-refractivity contribution in [1.82, 2.24) is 4.90 Å². The zero-order valence-corrected chi connectivity index (χ0v) is 11.2. The summed E-state index contributed by atoms with van der Waals surface area (Å²) in [7, 11) is 1.74. The van der Waals surface area contributed by atoms with Crippen LogP contribution in [0.5, 0.6) is 0 Å². The van der Waals surface area contributed by atoms with Crippen LogP contribution in [0.4, 0.5) is 0 Å². The summed E-state index contributed by atoms with van der Waals surface area (Å²) < 4.78 is 5.58. The van der Waals surface area contributed by atoms with E-state index in [9.17, 15) is 4.79 Å². The highest BCUT2D eigenvalue weighted by Gasteiger charge is 2.46. The number of fused-ring (bicyclic) bond motifs is 2. The first-order chi connectivity index (χ1) is 8.63. The molecule has 4 heteroatoms. The molecular weight excluding hydrogens is 228 g/mol. The van der Waals surface area contributed by atoms with Gasteiger partial charge in [-0.25, -0.2) is 0 Å². The summed E-state index contributed by atoms with van der Waals surface area (Å²) in [6.45, 7) is 0. The van der Waals surface area contributed by atoms with E-state index in [0.29, 0.717) is 30.5 Å². The van der Waals surface area contributed by atoms with Crippen LogP contribution in [-0.2, 0) is 9.53 Å². The monoisotopic (exact) mass is 252 g/mol. The van der Waals surface area contributed by atoms with Crippen LogP contribution in [0, 0.1) is 0 Å². The highest BCUT2D eigenvalue weighted by Crippen LogP contribution is 2.41. The summed E-state index contributed by atoms with van der Waals surface area (Å²) in [6, 6.07) is 1.10. The van der Waals surface area contributed by atoms with Gasteiger partial charge in [-0.2, -0.15) is 0 Å². The average molecular weight is 252 g/mol. The van der Waals surface area contributed by atoms with E-state index in [2.05, 4.69) is 4.90 Å². The Morgan fingerprint density at radius 1 is 1.33 bits per heavy atom. The van der Waals surface area contributed by atoms with E-state index in [1.54, 1.807) is 7.11 Å². The van der Waals surface area contributed by atoms with Gasteiger partial charge in [0.15, 0.2) is 0 Å². The minimum atomic E-state index is -0.143. The molecule has 1 saturated carbocycles. The second-order valence-electron chi connectivity index (χ2n) is 6.33. The van der Waals surface area contributed by atoms with Crippen LogP contribution in [0.2, 0.25) is 0 Å². The standard InChI is InChI=1S/C14H24N2O2/c1-18-14(5-2-6-14)9-13(17)16-11-3-4-12(16)8-10(15)7-11/h10-12H,2-9,15H2,1H3. The number of piperidine rings is 1. The van der Waals surface area contributed by atoms with Gasteiger partial charge in [0.25, 0.3) is 0 Å². The molecule has 0 aromatic rings. The van der Waals surface area contributed by atoms with E-state index in [1.165, 1.54) is 6.42 Å². The van der Waals surface area contributed by atoms with Crippen LogP contribution < -0.4 is 5.73 Å². The third kappa shape index (κ3) is 1.95. The molecule has 2 saturated heterocycles. The van der Waals surface area contributed by atoms with Crippen molar-refractivity contribution in [2.24, 2.45) is 5.73 Å². The van der Waals surface area contributed by atoms with Gasteiger partial charge in [-0.3, -0.25) is 4.79 Å². The molecule has 2 heterocycles. The number of nitrogens with zero attached hydrogens (tertiary/aromatic N) is 1. The van der Waals surface area contributed by atoms with E-state index in [1.807, 2.05) is 0 Å². The molecule has 0 radical (unpaired) electrons. The zero-order chi connectivity index (χ0) is 12.8. The van der Waals surface area contributed by atoms with Gasteiger partial charge in [-0.1, -0.05) is 0 Å². The Hall–Kier alpha value is -0.610. The number of carbonyl (C=O) groups is 1. The average Bonchev–Trinajstić information content (AvgIpc) is 2.56. The van der Waals surface area contributed by atoms with Gasteiger partial charge < -0.3 is 15.4 Å². The molecule has 2 N–H and O–H groups in total. The molecular formula is C14H24N2O2. The number of rotatable bonds is 3. The SMILES string of the molecule is COC1(CC(=O)N2C3CCC2CC(N)C3)CCC1. The molecule has 1 aliphatic carbocycles. The summed E-state index contributed by atoms with van der Waals surface area (Å²) >= 11 is 0. The van der Waals surface area contributed by atoms with Gasteiger partial charge in [0.2, 0.25) is 5.91 Å². The number of ether oxygens (including phenoxy) is 1. The smallest absolute Gasteiger partial charge is 0.225 e. The molecule has 2 atom stereocenters.